The number of tetrazole rings is 1. The van der Waals surface area contributed by atoms with Gasteiger partial charge >= 0.3 is 0 Å². The SMILES string of the molecule is CNC(=O)c1ccc2c(c1)-c1cc(C(=O)NC)ccc1C2(C[C@H](C)N)c1nn[nH]n1. The lowest BCUT2D eigenvalue weighted by Crippen LogP contribution is -2.35. The molecule has 0 bridgehead atoms. The summed E-state index contributed by atoms with van der Waals surface area (Å²) in [6.07, 6.45) is 0.533. The summed E-state index contributed by atoms with van der Waals surface area (Å²) < 4.78 is 0. The van der Waals surface area contributed by atoms with Gasteiger partial charge in [-0.15, -0.1) is 10.2 Å². The van der Waals surface area contributed by atoms with E-state index in [4.69, 9.17) is 5.73 Å². The number of H-pyrrole nitrogens is 1. The third-order valence-corrected chi connectivity index (χ3v) is 5.58. The molecule has 0 spiro atoms. The molecule has 2 amide bonds. The van der Waals surface area contributed by atoms with Gasteiger partial charge < -0.3 is 16.4 Å². The molecule has 1 aromatic heterocycles. The minimum atomic E-state index is -0.742. The van der Waals surface area contributed by atoms with Crippen LogP contribution >= 0.6 is 0 Å². The number of carbonyl (C=O) groups is 2. The number of carbonyl (C=O) groups excluding carboxylic acids is 2. The predicted molar refractivity (Wildman–Crippen MR) is 111 cm³/mol. The number of aromatic nitrogens is 4. The van der Waals surface area contributed by atoms with Crippen LogP contribution in [-0.2, 0) is 5.41 Å². The predicted octanol–water partition coefficient (Wildman–Crippen LogP) is 0.971. The lowest BCUT2D eigenvalue weighted by atomic mass is 9.73. The molecule has 1 heterocycles. The second kappa shape index (κ2) is 7.34. The van der Waals surface area contributed by atoms with Crippen LogP contribution in [0.1, 0.15) is 51.0 Å². The first-order valence-corrected chi connectivity index (χ1v) is 9.65. The maximum Gasteiger partial charge on any atom is 0.251 e. The molecule has 0 radical (unpaired) electrons. The van der Waals surface area contributed by atoms with Crippen molar-refractivity contribution in [3.8, 4) is 11.1 Å². The Bertz CT molecular complexity index is 1060. The zero-order valence-corrected chi connectivity index (χ0v) is 17.0. The number of nitrogens with one attached hydrogen (secondary N) is 3. The molecule has 0 aliphatic heterocycles. The van der Waals surface area contributed by atoms with Crippen LogP contribution in [0.15, 0.2) is 36.4 Å². The zero-order chi connectivity index (χ0) is 21.5. The van der Waals surface area contributed by atoms with Gasteiger partial charge in [0.2, 0.25) is 0 Å². The molecule has 0 fully saturated rings. The van der Waals surface area contributed by atoms with Crippen LogP contribution in [0.2, 0.25) is 0 Å². The van der Waals surface area contributed by atoms with E-state index in [9.17, 15) is 9.59 Å². The minimum Gasteiger partial charge on any atom is -0.355 e. The van der Waals surface area contributed by atoms with E-state index < -0.39 is 5.41 Å². The fourth-order valence-electron chi connectivity index (χ4n) is 4.37. The molecule has 0 saturated carbocycles. The third kappa shape index (κ3) is 2.86. The van der Waals surface area contributed by atoms with Gasteiger partial charge in [0.25, 0.3) is 11.8 Å². The van der Waals surface area contributed by atoms with Crippen molar-refractivity contribution >= 4 is 11.8 Å². The quantitative estimate of drug-likeness (QED) is 0.499. The average Bonchev–Trinajstić information content (AvgIpc) is 3.38. The minimum absolute atomic E-state index is 0.167. The highest BCUT2D eigenvalue weighted by atomic mass is 16.2. The maximum atomic E-state index is 12.3. The Labute approximate surface area is 173 Å². The van der Waals surface area contributed by atoms with Crippen molar-refractivity contribution in [2.24, 2.45) is 5.73 Å². The first-order chi connectivity index (χ1) is 14.4. The summed E-state index contributed by atoms with van der Waals surface area (Å²) in [5, 5.41) is 20.2. The van der Waals surface area contributed by atoms with Gasteiger partial charge in [0.1, 0.15) is 0 Å². The molecule has 30 heavy (non-hydrogen) atoms. The van der Waals surface area contributed by atoms with Crippen molar-refractivity contribution < 1.29 is 9.59 Å². The van der Waals surface area contributed by atoms with Crippen LogP contribution in [0.5, 0.6) is 0 Å². The van der Waals surface area contributed by atoms with Crippen molar-refractivity contribution in [2.75, 3.05) is 14.1 Å². The number of hydrogen-bond acceptors (Lipinski definition) is 6. The lowest BCUT2D eigenvalue weighted by Gasteiger charge is -2.30. The Hall–Kier alpha value is -3.59. The van der Waals surface area contributed by atoms with Crippen molar-refractivity contribution in [2.45, 2.75) is 24.8 Å². The molecule has 3 aromatic rings. The summed E-state index contributed by atoms with van der Waals surface area (Å²) in [7, 11) is 3.18. The highest BCUT2D eigenvalue weighted by molar-refractivity contribution is 5.99. The Morgan fingerprint density at radius 2 is 1.57 bits per heavy atom. The number of nitrogens with zero attached hydrogens (tertiary/aromatic N) is 3. The van der Waals surface area contributed by atoms with E-state index in [1.807, 2.05) is 31.2 Å². The summed E-state index contributed by atoms with van der Waals surface area (Å²) in [4.78, 5) is 24.6. The molecule has 154 valence electrons. The van der Waals surface area contributed by atoms with E-state index in [1.165, 1.54) is 0 Å². The monoisotopic (exact) mass is 405 g/mol. The third-order valence-electron chi connectivity index (χ3n) is 5.58. The maximum absolute atomic E-state index is 12.3. The summed E-state index contributed by atoms with van der Waals surface area (Å²) in [6, 6.07) is 10.9. The van der Waals surface area contributed by atoms with E-state index in [0.717, 1.165) is 22.3 Å². The smallest absolute Gasteiger partial charge is 0.251 e. The second-order valence-electron chi connectivity index (χ2n) is 7.50. The molecule has 2 aromatic carbocycles. The number of hydrogen-bond donors (Lipinski definition) is 4. The molecule has 1 aliphatic carbocycles. The number of rotatable bonds is 5. The van der Waals surface area contributed by atoms with Gasteiger partial charge in [-0.25, -0.2) is 0 Å². The summed E-state index contributed by atoms with van der Waals surface area (Å²) in [5.41, 5.74) is 10.1. The van der Waals surface area contributed by atoms with Crippen LogP contribution in [0.25, 0.3) is 11.1 Å². The number of aromatic amines is 1. The zero-order valence-electron chi connectivity index (χ0n) is 17.0. The standard InChI is InChI=1S/C21H23N7O2/c1-11(22)10-21(20-25-27-28-26-20)16-6-4-12(18(29)23-2)8-14(16)15-9-13(19(30)24-3)5-7-17(15)21/h4-9,11H,10,22H2,1-3H3,(H,23,29)(H,24,30)(H,25,26,27,28)/t11-/m0/s1. The number of nitrogens with two attached hydrogens (primary N) is 1. The number of amides is 2. The summed E-state index contributed by atoms with van der Waals surface area (Å²) >= 11 is 0. The highest BCUT2D eigenvalue weighted by Gasteiger charge is 2.48. The number of fused-ring (bicyclic) bond motifs is 3. The highest BCUT2D eigenvalue weighted by Crippen LogP contribution is 2.54. The lowest BCUT2D eigenvalue weighted by molar-refractivity contribution is 0.0955. The van der Waals surface area contributed by atoms with Gasteiger partial charge in [0.05, 0.1) is 5.41 Å². The van der Waals surface area contributed by atoms with Crippen LogP contribution in [0.3, 0.4) is 0 Å². The molecule has 1 atom stereocenters. The van der Waals surface area contributed by atoms with Crippen molar-refractivity contribution in [1.82, 2.24) is 31.3 Å². The molecule has 1 aliphatic rings. The summed E-state index contributed by atoms with van der Waals surface area (Å²) in [6.45, 7) is 1.93. The van der Waals surface area contributed by atoms with Crippen molar-refractivity contribution in [1.29, 1.82) is 0 Å². The first-order valence-electron chi connectivity index (χ1n) is 9.65. The summed E-state index contributed by atoms with van der Waals surface area (Å²) in [5.74, 6) is 0.123. The van der Waals surface area contributed by atoms with Gasteiger partial charge in [0, 0.05) is 31.3 Å². The molecule has 9 heteroatoms. The van der Waals surface area contributed by atoms with Crippen LogP contribution in [-0.4, -0.2) is 52.6 Å². The van der Waals surface area contributed by atoms with Gasteiger partial charge in [0.15, 0.2) is 5.82 Å². The molecule has 0 unspecified atom stereocenters. The van der Waals surface area contributed by atoms with Crippen LogP contribution in [0, 0.1) is 0 Å². The normalized spacial score (nSPS) is 14.5. The second-order valence-corrected chi connectivity index (χ2v) is 7.50. The van der Waals surface area contributed by atoms with Gasteiger partial charge in [-0.2, -0.15) is 5.21 Å². The number of benzene rings is 2. The van der Waals surface area contributed by atoms with E-state index in [2.05, 4.69) is 31.3 Å². The average molecular weight is 405 g/mol. The Morgan fingerprint density at radius 1 is 1.03 bits per heavy atom. The van der Waals surface area contributed by atoms with Crippen LogP contribution in [0.4, 0.5) is 0 Å². The van der Waals surface area contributed by atoms with E-state index in [-0.39, 0.29) is 17.9 Å². The fourth-order valence-corrected chi connectivity index (χ4v) is 4.37. The topological polar surface area (TPSA) is 139 Å². The van der Waals surface area contributed by atoms with Gasteiger partial charge in [-0.3, -0.25) is 9.59 Å². The van der Waals surface area contributed by atoms with E-state index >= 15 is 0 Å². The van der Waals surface area contributed by atoms with E-state index in [1.54, 1.807) is 26.2 Å². The van der Waals surface area contributed by atoms with Gasteiger partial charge in [-0.05, 0) is 59.9 Å². The molecular formula is C21H23N7O2. The first kappa shape index (κ1) is 19.7. The molecular weight excluding hydrogens is 382 g/mol. The Balaban J connectivity index is 2.05. The Morgan fingerprint density at radius 3 is 1.97 bits per heavy atom. The van der Waals surface area contributed by atoms with Crippen LogP contribution < -0.4 is 16.4 Å². The van der Waals surface area contributed by atoms with Gasteiger partial charge in [-0.1, -0.05) is 17.3 Å². The molecule has 0 saturated heterocycles. The molecule has 9 nitrogen and oxygen atoms in total. The molecule has 5 N–H and O–H groups in total. The molecule has 4 rings (SSSR count). The Kier molecular flexibility index (Phi) is 4.83. The fraction of sp³-hybridized carbons (Fsp3) is 0.286. The van der Waals surface area contributed by atoms with Crippen molar-refractivity contribution in [3.05, 3.63) is 64.5 Å². The van der Waals surface area contributed by atoms with E-state index in [0.29, 0.717) is 23.4 Å². The van der Waals surface area contributed by atoms with Crippen molar-refractivity contribution in [3.63, 3.8) is 0 Å². The largest absolute Gasteiger partial charge is 0.355 e.